The van der Waals surface area contributed by atoms with Crippen molar-refractivity contribution in [2.45, 2.75) is 0 Å². The molecule has 2 N–H and O–H groups in total. The van der Waals surface area contributed by atoms with Crippen molar-refractivity contribution in [3.8, 4) is 44.8 Å². The number of nitrogens with one attached hydrogen (secondary N) is 2. The lowest BCUT2D eigenvalue weighted by Gasteiger charge is -2.04. The van der Waals surface area contributed by atoms with E-state index in [1.807, 2.05) is 60.7 Å². The molecule has 8 aromatic rings. The van der Waals surface area contributed by atoms with Crippen molar-refractivity contribution >= 4 is 45.0 Å². The van der Waals surface area contributed by atoms with Crippen LogP contribution < -0.4 is 0 Å². The van der Waals surface area contributed by atoms with E-state index in [2.05, 4.69) is 54.2 Å². The van der Waals surface area contributed by atoms with Gasteiger partial charge in [-0.1, -0.05) is 29.3 Å². The second kappa shape index (κ2) is 12.1. The third-order valence-corrected chi connectivity index (χ3v) is 8.13. The number of hydrogen-bond acceptors (Lipinski definition) is 4. The number of pyridine rings is 4. The number of halogens is 2. The second-order valence-corrected chi connectivity index (χ2v) is 10.9. The van der Waals surface area contributed by atoms with Gasteiger partial charge in [-0.25, -0.2) is 0 Å². The number of hydrogen-bond donors (Lipinski definition) is 2. The normalized spacial score (nSPS) is 11.0. The van der Waals surface area contributed by atoms with Gasteiger partial charge in [-0.05, 0) is 90.0 Å². The highest BCUT2D eigenvalue weighted by molar-refractivity contribution is 6.38. The first kappa shape index (κ1) is 27.5. The molecule has 0 aliphatic rings. The molecule has 0 aliphatic carbocycles. The van der Waals surface area contributed by atoms with E-state index in [0.29, 0.717) is 0 Å². The van der Waals surface area contributed by atoms with Crippen molar-refractivity contribution < 1.29 is 0 Å². The molecule has 44 heavy (non-hydrogen) atoms. The number of aromatic amines is 2. The summed E-state index contributed by atoms with van der Waals surface area (Å²) in [5, 5.41) is 3.62. The highest BCUT2D eigenvalue weighted by Gasteiger charge is 2.12. The first-order chi connectivity index (χ1) is 21.6. The van der Waals surface area contributed by atoms with E-state index >= 15 is 0 Å². The van der Waals surface area contributed by atoms with E-state index in [1.165, 1.54) is 0 Å². The molecule has 0 radical (unpaired) electrons. The Kier molecular flexibility index (Phi) is 7.59. The Morgan fingerprint density at radius 1 is 0.432 bits per heavy atom. The van der Waals surface area contributed by atoms with Crippen molar-refractivity contribution in [2.24, 2.45) is 0 Å². The zero-order valence-electron chi connectivity index (χ0n) is 23.2. The molecule has 8 heteroatoms. The summed E-state index contributed by atoms with van der Waals surface area (Å²) in [6.45, 7) is 0. The Bertz CT molecular complexity index is 2140. The van der Waals surface area contributed by atoms with Gasteiger partial charge in [-0.15, -0.1) is 0 Å². The van der Waals surface area contributed by atoms with E-state index in [1.54, 1.807) is 49.6 Å². The maximum Gasteiger partial charge on any atom is 0.0578 e. The van der Waals surface area contributed by atoms with Crippen LogP contribution in [0.15, 0.2) is 135 Å². The molecule has 0 fully saturated rings. The van der Waals surface area contributed by atoms with Gasteiger partial charge in [0, 0.05) is 105 Å². The van der Waals surface area contributed by atoms with E-state index < -0.39 is 0 Å². The summed E-state index contributed by atoms with van der Waals surface area (Å²) in [5.74, 6) is 0. The molecular formula is C36H24Cl2N6. The summed E-state index contributed by atoms with van der Waals surface area (Å²) in [6.07, 6.45) is 14.2. The van der Waals surface area contributed by atoms with Gasteiger partial charge in [0.2, 0.25) is 0 Å². The summed E-state index contributed by atoms with van der Waals surface area (Å²) in [7, 11) is 0. The van der Waals surface area contributed by atoms with Crippen LogP contribution in [0.1, 0.15) is 0 Å². The predicted molar refractivity (Wildman–Crippen MR) is 180 cm³/mol. The van der Waals surface area contributed by atoms with Crippen LogP contribution in [0.5, 0.6) is 0 Å². The van der Waals surface area contributed by atoms with E-state index in [0.717, 1.165) is 76.6 Å². The topological polar surface area (TPSA) is 83.1 Å². The lowest BCUT2D eigenvalue weighted by Crippen LogP contribution is -1.81. The molecule has 0 unspecified atom stereocenters. The molecule has 0 bridgehead atoms. The average molecular weight is 612 g/mol. The molecule has 0 amide bonds. The Balaban J connectivity index is 0.000000142. The van der Waals surface area contributed by atoms with Crippen molar-refractivity contribution in [3.05, 3.63) is 145 Å². The molecule has 6 nitrogen and oxygen atoms in total. The number of H-pyrrole nitrogens is 2. The van der Waals surface area contributed by atoms with Gasteiger partial charge in [-0.2, -0.15) is 0 Å². The van der Waals surface area contributed by atoms with Crippen LogP contribution in [0.25, 0.3) is 66.6 Å². The van der Waals surface area contributed by atoms with Gasteiger partial charge in [0.15, 0.2) is 0 Å². The van der Waals surface area contributed by atoms with E-state index in [-0.39, 0.29) is 0 Å². The van der Waals surface area contributed by atoms with Gasteiger partial charge in [-0.3, -0.25) is 19.9 Å². The Labute approximate surface area is 263 Å². The zero-order chi connectivity index (χ0) is 29.9. The first-order valence-electron chi connectivity index (χ1n) is 13.9. The summed E-state index contributed by atoms with van der Waals surface area (Å²) in [4.78, 5) is 23.0. The molecule has 2 aromatic carbocycles. The van der Waals surface area contributed by atoms with Gasteiger partial charge in [0.1, 0.15) is 0 Å². The Morgan fingerprint density at radius 3 is 1.48 bits per heavy atom. The van der Waals surface area contributed by atoms with Crippen molar-refractivity contribution in [2.75, 3.05) is 0 Å². The van der Waals surface area contributed by atoms with Gasteiger partial charge in [0.25, 0.3) is 0 Å². The molecule has 0 saturated heterocycles. The van der Waals surface area contributed by atoms with Crippen molar-refractivity contribution in [1.29, 1.82) is 0 Å². The first-order valence-corrected chi connectivity index (χ1v) is 14.6. The Morgan fingerprint density at radius 2 is 0.909 bits per heavy atom. The molecule has 0 saturated carbocycles. The van der Waals surface area contributed by atoms with Crippen molar-refractivity contribution in [3.63, 3.8) is 0 Å². The van der Waals surface area contributed by atoms with Crippen LogP contribution in [-0.4, -0.2) is 29.9 Å². The number of nitrogens with zero attached hydrogens (tertiary/aromatic N) is 4. The summed E-state index contributed by atoms with van der Waals surface area (Å²) >= 11 is 13.1. The highest BCUT2D eigenvalue weighted by atomic mass is 35.5. The molecule has 6 aromatic heterocycles. The molecule has 8 rings (SSSR count). The van der Waals surface area contributed by atoms with Crippen LogP contribution in [0, 0.1) is 0 Å². The monoisotopic (exact) mass is 610 g/mol. The average Bonchev–Trinajstić information content (AvgIpc) is 3.72. The van der Waals surface area contributed by atoms with E-state index in [4.69, 9.17) is 23.2 Å². The minimum Gasteiger partial charge on any atom is -0.354 e. The van der Waals surface area contributed by atoms with Gasteiger partial charge < -0.3 is 9.97 Å². The lowest BCUT2D eigenvalue weighted by molar-refractivity contribution is 1.32. The third kappa shape index (κ3) is 5.56. The largest absolute Gasteiger partial charge is 0.354 e. The SMILES string of the molecule is Clc1c(-c2ccncc2)ccc2[nH]c(-c3ccncc3)cc12.Clc1cc2[nH]c(-c3ccncc3)cc2cc1-c1ccncc1. The van der Waals surface area contributed by atoms with Crippen LogP contribution in [0.4, 0.5) is 0 Å². The number of benzene rings is 2. The molecule has 0 atom stereocenters. The van der Waals surface area contributed by atoms with Crippen LogP contribution >= 0.6 is 23.2 Å². The Hall–Kier alpha value is -5.30. The smallest absolute Gasteiger partial charge is 0.0578 e. The van der Waals surface area contributed by atoms with Crippen molar-refractivity contribution in [1.82, 2.24) is 29.9 Å². The van der Waals surface area contributed by atoms with Gasteiger partial charge in [0.05, 0.1) is 10.0 Å². The fraction of sp³-hybridized carbons (Fsp3) is 0. The second-order valence-electron chi connectivity index (χ2n) is 10.1. The minimum atomic E-state index is 0.724. The molecule has 0 aliphatic heterocycles. The summed E-state index contributed by atoms with van der Waals surface area (Å²) in [5.41, 5.74) is 10.5. The third-order valence-electron chi connectivity index (χ3n) is 7.41. The van der Waals surface area contributed by atoms with Gasteiger partial charge >= 0.3 is 0 Å². The lowest BCUT2D eigenvalue weighted by atomic mass is 10.0. The number of aromatic nitrogens is 6. The molecule has 6 heterocycles. The van der Waals surface area contributed by atoms with Crippen LogP contribution in [-0.2, 0) is 0 Å². The fourth-order valence-corrected chi connectivity index (χ4v) is 5.81. The number of fused-ring (bicyclic) bond motifs is 2. The number of rotatable bonds is 4. The van der Waals surface area contributed by atoms with E-state index in [9.17, 15) is 0 Å². The summed E-state index contributed by atoms with van der Waals surface area (Å²) in [6, 6.07) is 28.1. The fourth-order valence-electron chi connectivity index (χ4n) is 5.20. The van der Waals surface area contributed by atoms with Crippen LogP contribution in [0.2, 0.25) is 10.0 Å². The molecule has 0 spiro atoms. The maximum atomic E-state index is 6.62. The predicted octanol–water partition coefficient (Wildman–Crippen LogP) is 9.89. The zero-order valence-corrected chi connectivity index (χ0v) is 24.8. The standard InChI is InChI=1S/2C18H12ClN3/c19-16-11-18-14(9-15(16)12-1-5-20-6-2-12)10-17(22-18)13-3-7-21-8-4-13;19-18-14(12-3-7-20-8-4-12)1-2-16-15(18)11-17(22-16)13-5-9-21-10-6-13/h2*1-11,22H. The quantitative estimate of drug-likeness (QED) is 0.208. The summed E-state index contributed by atoms with van der Waals surface area (Å²) < 4.78 is 0. The maximum absolute atomic E-state index is 6.62. The molecule has 212 valence electrons. The minimum absolute atomic E-state index is 0.724. The molecular weight excluding hydrogens is 587 g/mol. The van der Waals surface area contributed by atoms with Crippen LogP contribution in [0.3, 0.4) is 0 Å². The highest BCUT2D eigenvalue weighted by Crippen LogP contribution is 2.36.